The van der Waals surface area contributed by atoms with Gasteiger partial charge in [0, 0.05) is 18.8 Å². The first kappa shape index (κ1) is 15.7. The van der Waals surface area contributed by atoms with E-state index in [-0.39, 0.29) is 5.91 Å². The third-order valence-electron chi connectivity index (χ3n) is 3.54. The van der Waals surface area contributed by atoms with Crippen molar-refractivity contribution in [1.82, 2.24) is 20.6 Å². The number of anilines is 1. The lowest BCUT2D eigenvalue weighted by Gasteiger charge is -2.24. The van der Waals surface area contributed by atoms with E-state index >= 15 is 0 Å². The molecule has 1 atom stereocenters. The summed E-state index contributed by atoms with van der Waals surface area (Å²) in [7, 11) is 0. The molecule has 0 spiro atoms. The largest absolute Gasteiger partial charge is 0.313 e. The molecule has 21 heavy (non-hydrogen) atoms. The van der Waals surface area contributed by atoms with E-state index in [4.69, 9.17) is 0 Å². The van der Waals surface area contributed by atoms with Crippen LogP contribution in [0.5, 0.6) is 0 Å². The number of hydrogen-bond donors (Lipinski definition) is 3. The molecule has 1 aliphatic heterocycles. The van der Waals surface area contributed by atoms with E-state index in [2.05, 4.69) is 33.0 Å². The summed E-state index contributed by atoms with van der Waals surface area (Å²) in [5, 5.41) is 3.48. The van der Waals surface area contributed by atoms with Gasteiger partial charge in [0.05, 0.1) is 6.54 Å². The van der Waals surface area contributed by atoms with Gasteiger partial charge in [-0.1, -0.05) is 13.0 Å². The smallest absolute Gasteiger partial charge is 0.252 e. The Morgan fingerprint density at radius 3 is 3.10 bits per heavy atom. The van der Waals surface area contributed by atoms with Gasteiger partial charge in [-0.05, 0) is 44.5 Å². The van der Waals surface area contributed by atoms with Crippen molar-refractivity contribution in [3.63, 3.8) is 0 Å². The van der Waals surface area contributed by atoms with Gasteiger partial charge in [-0.3, -0.25) is 20.5 Å². The van der Waals surface area contributed by atoms with Crippen molar-refractivity contribution in [2.24, 2.45) is 0 Å². The van der Waals surface area contributed by atoms with Crippen LogP contribution in [-0.4, -0.2) is 48.0 Å². The summed E-state index contributed by atoms with van der Waals surface area (Å²) < 4.78 is 0. The van der Waals surface area contributed by atoms with E-state index in [1.165, 1.54) is 12.8 Å². The predicted octanol–water partition coefficient (Wildman–Crippen LogP) is 0.989. The normalized spacial score (nSPS) is 17.9. The van der Waals surface area contributed by atoms with Crippen molar-refractivity contribution in [3.05, 3.63) is 24.4 Å². The monoisotopic (exact) mass is 291 g/mol. The summed E-state index contributed by atoms with van der Waals surface area (Å²) >= 11 is 0. The predicted molar refractivity (Wildman–Crippen MR) is 83.8 cm³/mol. The summed E-state index contributed by atoms with van der Waals surface area (Å²) in [6, 6.07) is 6.04. The number of nitrogens with one attached hydrogen (secondary N) is 3. The van der Waals surface area contributed by atoms with Crippen LogP contribution in [0.4, 0.5) is 5.82 Å². The van der Waals surface area contributed by atoms with Gasteiger partial charge in [0.15, 0.2) is 0 Å². The molecule has 1 aromatic rings. The number of carbonyl (C=O) groups excluding carboxylic acids is 1. The lowest BCUT2D eigenvalue weighted by atomic mass is 10.2. The number of hydrazine groups is 1. The van der Waals surface area contributed by atoms with Gasteiger partial charge in [-0.25, -0.2) is 4.98 Å². The first-order valence-electron chi connectivity index (χ1n) is 7.69. The van der Waals surface area contributed by atoms with Crippen molar-refractivity contribution in [2.75, 3.05) is 31.6 Å². The van der Waals surface area contributed by atoms with Crippen LogP contribution in [0.3, 0.4) is 0 Å². The highest BCUT2D eigenvalue weighted by Gasteiger charge is 2.19. The second-order valence-corrected chi connectivity index (χ2v) is 5.42. The Kier molecular flexibility index (Phi) is 6.43. The van der Waals surface area contributed by atoms with Crippen LogP contribution in [0, 0.1) is 0 Å². The van der Waals surface area contributed by atoms with Crippen LogP contribution < -0.4 is 16.2 Å². The Balaban J connectivity index is 1.74. The number of aromatic nitrogens is 1. The molecule has 1 saturated heterocycles. The minimum Gasteiger partial charge on any atom is -0.313 e. The summed E-state index contributed by atoms with van der Waals surface area (Å²) in [5.74, 6) is 0.609. The van der Waals surface area contributed by atoms with E-state index in [9.17, 15) is 4.79 Å². The highest BCUT2D eigenvalue weighted by atomic mass is 16.2. The second-order valence-electron chi connectivity index (χ2n) is 5.42. The minimum absolute atomic E-state index is 0.0351. The highest BCUT2D eigenvalue weighted by Crippen LogP contribution is 2.07. The fraction of sp³-hybridized carbons (Fsp3) is 0.600. The van der Waals surface area contributed by atoms with Gasteiger partial charge in [0.25, 0.3) is 5.91 Å². The molecule has 0 aromatic carbocycles. The Labute approximate surface area is 126 Å². The van der Waals surface area contributed by atoms with Gasteiger partial charge >= 0.3 is 0 Å². The molecule has 2 rings (SSSR count). The second kappa shape index (κ2) is 8.59. The van der Waals surface area contributed by atoms with Crippen molar-refractivity contribution in [3.8, 4) is 0 Å². The molecule has 0 saturated carbocycles. The molecule has 1 aromatic heterocycles. The van der Waals surface area contributed by atoms with Crippen molar-refractivity contribution >= 4 is 11.7 Å². The maximum atomic E-state index is 12.0. The topological polar surface area (TPSA) is 69.3 Å². The molecular formula is C15H25N5O. The standard InChI is InChI=1S/C15H25N5O/c1-2-10-20(11-13-6-5-9-16-13)12-15(21)19-18-14-7-3-4-8-17-14/h3-4,7-8,13,16H,2,5-6,9-12H2,1H3,(H,17,18)(H,19,21). The maximum Gasteiger partial charge on any atom is 0.252 e. The zero-order valence-electron chi connectivity index (χ0n) is 12.6. The SMILES string of the molecule is CCCN(CC(=O)NNc1ccccn1)CC1CCCN1. The van der Waals surface area contributed by atoms with Crippen molar-refractivity contribution in [1.29, 1.82) is 0 Å². The Hall–Kier alpha value is -1.66. The van der Waals surface area contributed by atoms with Gasteiger partial charge in [0.1, 0.15) is 5.82 Å². The Morgan fingerprint density at radius 1 is 1.52 bits per heavy atom. The van der Waals surface area contributed by atoms with Crippen molar-refractivity contribution in [2.45, 2.75) is 32.2 Å². The Bertz CT molecular complexity index is 419. The van der Waals surface area contributed by atoms with Gasteiger partial charge < -0.3 is 5.32 Å². The van der Waals surface area contributed by atoms with E-state index in [1.807, 2.05) is 18.2 Å². The third-order valence-corrected chi connectivity index (χ3v) is 3.54. The summed E-state index contributed by atoms with van der Waals surface area (Å²) in [4.78, 5) is 18.3. The summed E-state index contributed by atoms with van der Waals surface area (Å²) in [6.45, 7) is 5.52. The van der Waals surface area contributed by atoms with E-state index in [0.29, 0.717) is 18.4 Å². The lowest BCUT2D eigenvalue weighted by molar-refractivity contribution is -0.121. The number of rotatable bonds is 8. The first-order chi connectivity index (χ1) is 10.3. The highest BCUT2D eigenvalue weighted by molar-refractivity contribution is 5.79. The number of pyridine rings is 1. The molecule has 1 fully saturated rings. The number of nitrogens with zero attached hydrogens (tertiary/aromatic N) is 2. The molecule has 2 heterocycles. The van der Waals surface area contributed by atoms with Crippen LogP contribution >= 0.6 is 0 Å². The summed E-state index contributed by atoms with van der Waals surface area (Å²) in [6.07, 6.45) is 5.17. The van der Waals surface area contributed by atoms with Gasteiger partial charge in [-0.2, -0.15) is 0 Å². The van der Waals surface area contributed by atoms with Crippen LogP contribution in [0.1, 0.15) is 26.2 Å². The molecule has 6 heteroatoms. The average Bonchev–Trinajstić information content (AvgIpc) is 2.99. The lowest BCUT2D eigenvalue weighted by Crippen LogP contribution is -2.44. The fourth-order valence-electron chi connectivity index (χ4n) is 2.59. The molecule has 1 unspecified atom stereocenters. The zero-order valence-corrected chi connectivity index (χ0v) is 12.6. The zero-order chi connectivity index (χ0) is 14.9. The molecule has 0 radical (unpaired) electrons. The Morgan fingerprint density at radius 2 is 2.43 bits per heavy atom. The molecule has 116 valence electrons. The van der Waals surface area contributed by atoms with Crippen LogP contribution in [-0.2, 0) is 4.79 Å². The molecule has 0 aliphatic carbocycles. The van der Waals surface area contributed by atoms with Crippen LogP contribution in [0.25, 0.3) is 0 Å². The van der Waals surface area contributed by atoms with E-state index < -0.39 is 0 Å². The quantitative estimate of drug-likeness (QED) is 0.623. The molecule has 0 bridgehead atoms. The number of amides is 1. The minimum atomic E-state index is -0.0351. The summed E-state index contributed by atoms with van der Waals surface area (Å²) in [5.41, 5.74) is 5.53. The first-order valence-corrected chi connectivity index (χ1v) is 7.69. The average molecular weight is 291 g/mol. The van der Waals surface area contributed by atoms with Crippen LogP contribution in [0.15, 0.2) is 24.4 Å². The van der Waals surface area contributed by atoms with Crippen LogP contribution in [0.2, 0.25) is 0 Å². The van der Waals surface area contributed by atoms with Gasteiger partial charge in [0.2, 0.25) is 0 Å². The fourth-order valence-corrected chi connectivity index (χ4v) is 2.59. The molecular weight excluding hydrogens is 266 g/mol. The third kappa shape index (κ3) is 5.69. The number of carbonyl (C=O) groups is 1. The van der Waals surface area contributed by atoms with E-state index in [0.717, 1.165) is 26.1 Å². The van der Waals surface area contributed by atoms with Crippen molar-refractivity contribution < 1.29 is 4.79 Å². The van der Waals surface area contributed by atoms with Gasteiger partial charge in [-0.15, -0.1) is 0 Å². The molecule has 1 amide bonds. The number of hydrogen-bond acceptors (Lipinski definition) is 5. The van der Waals surface area contributed by atoms with E-state index in [1.54, 1.807) is 6.20 Å². The molecule has 1 aliphatic rings. The molecule has 6 nitrogen and oxygen atoms in total. The molecule has 3 N–H and O–H groups in total. The maximum absolute atomic E-state index is 12.0.